The maximum atomic E-state index is 12.4. The van der Waals surface area contributed by atoms with E-state index in [-0.39, 0.29) is 5.91 Å². The number of benzene rings is 2. The fraction of sp³-hybridized carbons (Fsp3) is 0.0909. The van der Waals surface area contributed by atoms with Gasteiger partial charge in [-0.2, -0.15) is 0 Å². The van der Waals surface area contributed by atoms with Gasteiger partial charge in [0.05, 0.1) is 7.11 Å². The normalized spacial score (nSPS) is 10.7. The van der Waals surface area contributed by atoms with Gasteiger partial charge in [0, 0.05) is 16.5 Å². The van der Waals surface area contributed by atoms with E-state index in [1.54, 1.807) is 6.08 Å². The molecule has 1 heterocycles. The van der Waals surface area contributed by atoms with Crippen LogP contribution in [-0.2, 0) is 9.53 Å². The summed E-state index contributed by atoms with van der Waals surface area (Å²) in [6.45, 7) is 1.93. The molecule has 0 unspecified atom stereocenters. The predicted octanol–water partition coefficient (Wildman–Crippen LogP) is 5.16. The minimum Gasteiger partial charge on any atom is -0.465 e. The molecule has 0 radical (unpaired) electrons. The van der Waals surface area contributed by atoms with Crippen LogP contribution in [0.5, 0.6) is 0 Å². The summed E-state index contributed by atoms with van der Waals surface area (Å²) in [5.74, 6) is -0.773. The summed E-state index contributed by atoms with van der Waals surface area (Å²) in [6.07, 6.45) is 3.18. The molecule has 2 aromatic carbocycles. The van der Waals surface area contributed by atoms with Gasteiger partial charge in [-0.3, -0.25) is 4.79 Å². The van der Waals surface area contributed by atoms with Crippen LogP contribution in [-0.4, -0.2) is 19.0 Å². The number of hydrogen-bond donors (Lipinski definition) is 1. The first-order valence-electron chi connectivity index (χ1n) is 8.41. The number of amides is 1. The smallest absolute Gasteiger partial charge is 0.341 e. The molecule has 1 amide bonds. The van der Waals surface area contributed by atoms with Gasteiger partial charge in [-0.05, 0) is 24.1 Å². The van der Waals surface area contributed by atoms with Crippen molar-refractivity contribution in [1.82, 2.24) is 0 Å². The summed E-state index contributed by atoms with van der Waals surface area (Å²) >= 11 is 1.36. The second kappa shape index (κ2) is 8.47. The number of nitrogens with one attached hydrogen (secondary N) is 1. The Balaban J connectivity index is 1.92. The molecule has 0 saturated heterocycles. The molecular formula is C22H19NO3S. The van der Waals surface area contributed by atoms with Crippen LogP contribution in [0.3, 0.4) is 0 Å². The highest BCUT2D eigenvalue weighted by Crippen LogP contribution is 2.40. The van der Waals surface area contributed by atoms with Crippen molar-refractivity contribution in [3.63, 3.8) is 0 Å². The monoisotopic (exact) mass is 377 g/mol. The maximum absolute atomic E-state index is 12.4. The Bertz CT molecular complexity index is 976. The van der Waals surface area contributed by atoms with Crippen molar-refractivity contribution in [1.29, 1.82) is 0 Å². The van der Waals surface area contributed by atoms with Crippen LogP contribution in [0.1, 0.15) is 20.8 Å². The lowest BCUT2D eigenvalue weighted by Crippen LogP contribution is -2.11. The molecule has 136 valence electrons. The van der Waals surface area contributed by atoms with Gasteiger partial charge < -0.3 is 10.1 Å². The average molecular weight is 377 g/mol. The van der Waals surface area contributed by atoms with Gasteiger partial charge in [0.25, 0.3) is 0 Å². The van der Waals surface area contributed by atoms with Crippen molar-refractivity contribution in [2.45, 2.75) is 6.92 Å². The fourth-order valence-electron chi connectivity index (χ4n) is 2.77. The van der Waals surface area contributed by atoms with Gasteiger partial charge in [-0.1, -0.05) is 60.7 Å². The number of hydrogen-bond acceptors (Lipinski definition) is 4. The highest BCUT2D eigenvalue weighted by atomic mass is 32.1. The highest BCUT2D eigenvalue weighted by Gasteiger charge is 2.24. The van der Waals surface area contributed by atoms with Crippen molar-refractivity contribution in [3.8, 4) is 11.1 Å². The van der Waals surface area contributed by atoms with Crippen molar-refractivity contribution < 1.29 is 14.3 Å². The largest absolute Gasteiger partial charge is 0.465 e. The molecule has 0 aliphatic heterocycles. The molecule has 0 saturated carbocycles. The molecule has 0 spiro atoms. The first-order chi connectivity index (χ1) is 13.1. The summed E-state index contributed by atoms with van der Waals surface area (Å²) in [6, 6.07) is 19.1. The summed E-state index contributed by atoms with van der Waals surface area (Å²) in [5, 5.41) is 3.31. The molecule has 4 nitrogen and oxygen atoms in total. The number of aryl methyl sites for hydroxylation is 1. The summed E-state index contributed by atoms with van der Waals surface area (Å²) < 4.78 is 4.96. The van der Waals surface area contributed by atoms with E-state index < -0.39 is 5.97 Å². The van der Waals surface area contributed by atoms with E-state index >= 15 is 0 Å². The SMILES string of the molecule is COC(=O)c1c(NC(=O)C=Cc2ccccc2)sc(C)c1-c1ccccc1. The van der Waals surface area contributed by atoms with Crippen LogP contribution in [0, 0.1) is 6.92 Å². The third kappa shape index (κ3) is 4.33. The fourth-order valence-corrected chi connectivity index (χ4v) is 3.84. The minimum atomic E-state index is -0.472. The van der Waals surface area contributed by atoms with Gasteiger partial charge >= 0.3 is 5.97 Å². The van der Waals surface area contributed by atoms with E-state index in [4.69, 9.17) is 4.74 Å². The number of esters is 1. The van der Waals surface area contributed by atoms with Crippen molar-refractivity contribution in [3.05, 3.63) is 82.7 Å². The Kier molecular flexibility index (Phi) is 5.84. The van der Waals surface area contributed by atoms with E-state index in [0.29, 0.717) is 10.6 Å². The predicted molar refractivity (Wildman–Crippen MR) is 110 cm³/mol. The third-order valence-electron chi connectivity index (χ3n) is 4.00. The highest BCUT2D eigenvalue weighted by molar-refractivity contribution is 7.17. The van der Waals surface area contributed by atoms with E-state index in [9.17, 15) is 9.59 Å². The van der Waals surface area contributed by atoms with Gasteiger partial charge in [0.15, 0.2) is 0 Å². The Hall–Kier alpha value is -3.18. The number of methoxy groups -OCH3 is 1. The van der Waals surface area contributed by atoms with Crippen LogP contribution >= 0.6 is 11.3 Å². The molecular weight excluding hydrogens is 358 g/mol. The van der Waals surface area contributed by atoms with Crippen LogP contribution in [0.2, 0.25) is 0 Å². The third-order valence-corrected chi connectivity index (χ3v) is 5.02. The Labute approximate surface area is 162 Å². The van der Waals surface area contributed by atoms with E-state index in [2.05, 4.69) is 5.32 Å². The Morgan fingerprint density at radius 3 is 2.26 bits per heavy atom. The number of carbonyl (C=O) groups is 2. The summed E-state index contributed by atoms with van der Waals surface area (Å²) in [5.41, 5.74) is 3.00. The molecule has 0 fully saturated rings. The zero-order valence-electron chi connectivity index (χ0n) is 15.1. The number of rotatable bonds is 5. The molecule has 3 rings (SSSR count). The number of anilines is 1. The second-order valence-corrected chi connectivity index (χ2v) is 7.05. The van der Waals surface area contributed by atoms with Gasteiger partial charge in [0.2, 0.25) is 5.91 Å². The van der Waals surface area contributed by atoms with E-state index in [0.717, 1.165) is 21.6 Å². The average Bonchev–Trinajstić information content (AvgIpc) is 3.02. The molecule has 0 atom stereocenters. The molecule has 27 heavy (non-hydrogen) atoms. The van der Waals surface area contributed by atoms with Crippen molar-refractivity contribution >= 4 is 34.3 Å². The zero-order chi connectivity index (χ0) is 19.2. The first-order valence-corrected chi connectivity index (χ1v) is 9.23. The second-order valence-electron chi connectivity index (χ2n) is 5.83. The molecule has 5 heteroatoms. The van der Waals surface area contributed by atoms with Crippen LogP contribution < -0.4 is 5.32 Å². The lowest BCUT2D eigenvalue weighted by molar-refractivity contribution is -0.111. The van der Waals surface area contributed by atoms with Crippen LogP contribution in [0.25, 0.3) is 17.2 Å². The van der Waals surface area contributed by atoms with Crippen LogP contribution in [0.4, 0.5) is 5.00 Å². The quantitative estimate of drug-likeness (QED) is 0.493. The lowest BCUT2D eigenvalue weighted by atomic mass is 10.0. The molecule has 1 N–H and O–H groups in total. The number of ether oxygens (including phenoxy) is 1. The zero-order valence-corrected chi connectivity index (χ0v) is 15.9. The first kappa shape index (κ1) is 18.6. The maximum Gasteiger partial charge on any atom is 0.341 e. The summed E-state index contributed by atoms with van der Waals surface area (Å²) in [4.78, 5) is 25.7. The van der Waals surface area contributed by atoms with Crippen LogP contribution in [0.15, 0.2) is 66.7 Å². The van der Waals surface area contributed by atoms with E-state index in [1.165, 1.54) is 24.5 Å². The standard InChI is InChI=1S/C22H19NO3S/c1-15-19(17-11-7-4-8-12-17)20(22(25)26-2)21(27-15)23-18(24)14-13-16-9-5-3-6-10-16/h3-14H,1-2H3,(H,23,24). The van der Waals surface area contributed by atoms with Crippen molar-refractivity contribution in [2.24, 2.45) is 0 Å². The van der Waals surface area contributed by atoms with Crippen molar-refractivity contribution in [2.75, 3.05) is 12.4 Å². The van der Waals surface area contributed by atoms with Gasteiger partial charge in [-0.25, -0.2) is 4.79 Å². The van der Waals surface area contributed by atoms with Gasteiger partial charge in [0.1, 0.15) is 10.6 Å². The van der Waals surface area contributed by atoms with Gasteiger partial charge in [-0.15, -0.1) is 11.3 Å². The lowest BCUT2D eigenvalue weighted by Gasteiger charge is -2.07. The number of thiophene rings is 1. The molecule has 0 bridgehead atoms. The molecule has 0 aliphatic carbocycles. The minimum absolute atomic E-state index is 0.301. The molecule has 0 aliphatic rings. The number of carbonyl (C=O) groups excluding carboxylic acids is 2. The molecule has 1 aromatic heterocycles. The summed E-state index contributed by atoms with van der Waals surface area (Å²) in [7, 11) is 1.34. The topological polar surface area (TPSA) is 55.4 Å². The molecule has 3 aromatic rings. The Morgan fingerprint density at radius 2 is 1.63 bits per heavy atom. The Morgan fingerprint density at radius 1 is 1.00 bits per heavy atom. The van der Waals surface area contributed by atoms with E-state index in [1.807, 2.05) is 67.6 Å².